The summed E-state index contributed by atoms with van der Waals surface area (Å²) in [6.45, 7) is 0.725. The van der Waals surface area contributed by atoms with Crippen LogP contribution in [0.5, 0.6) is 0 Å². The molecule has 126 valence electrons. The minimum absolute atomic E-state index is 0.348. The van der Waals surface area contributed by atoms with Crippen LogP contribution in [0.15, 0.2) is 0 Å². The van der Waals surface area contributed by atoms with Gasteiger partial charge in [0, 0.05) is 0 Å². The first-order chi connectivity index (χ1) is 10.8. The van der Waals surface area contributed by atoms with Crippen LogP contribution >= 0.6 is 0 Å². The number of amides is 5. The summed E-state index contributed by atoms with van der Waals surface area (Å²) in [7, 11) is 0. The Hall–Kier alpha value is -2.45. The van der Waals surface area contributed by atoms with Crippen molar-refractivity contribution in [3.8, 4) is 0 Å². The third-order valence-electron chi connectivity index (χ3n) is 4.14. The smallest absolute Gasteiger partial charge is 0.326 e. The molecule has 5 amide bonds. The zero-order chi connectivity index (χ0) is 17.1. The Morgan fingerprint density at radius 1 is 1.22 bits per heavy atom. The molecular formula is C14H19N3O6. The molecule has 0 aromatic rings. The third kappa shape index (κ3) is 3.66. The number of nitrogens with two attached hydrogens (primary N) is 1. The number of carbonyl (C=O) groups excluding carboxylic acids is 5. The fraction of sp³-hybridized carbons (Fsp3) is 0.643. The Morgan fingerprint density at radius 3 is 2.22 bits per heavy atom. The van der Waals surface area contributed by atoms with Crippen LogP contribution in [0.3, 0.4) is 0 Å². The monoisotopic (exact) mass is 325 g/mol. The van der Waals surface area contributed by atoms with Crippen LogP contribution in [-0.4, -0.2) is 47.3 Å². The van der Waals surface area contributed by atoms with Gasteiger partial charge < -0.3 is 10.5 Å². The van der Waals surface area contributed by atoms with Gasteiger partial charge in [-0.15, -0.1) is 0 Å². The molecule has 0 spiro atoms. The summed E-state index contributed by atoms with van der Waals surface area (Å²) >= 11 is 0. The van der Waals surface area contributed by atoms with Gasteiger partial charge in [-0.2, -0.15) is 0 Å². The number of hydrogen-bond acceptors (Lipinski definition) is 6. The highest BCUT2D eigenvalue weighted by Crippen LogP contribution is 2.37. The molecule has 0 radical (unpaired) electrons. The fourth-order valence-corrected chi connectivity index (χ4v) is 3.03. The summed E-state index contributed by atoms with van der Waals surface area (Å²) in [5, 5.41) is 1.77. The second kappa shape index (κ2) is 6.76. The molecule has 0 bridgehead atoms. The molecule has 2 fully saturated rings. The molecule has 1 heterocycles. The van der Waals surface area contributed by atoms with Crippen LogP contribution in [0.4, 0.5) is 4.79 Å². The number of esters is 1. The van der Waals surface area contributed by atoms with Crippen molar-refractivity contribution < 1.29 is 28.7 Å². The van der Waals surface area contributed by atoms with Crippen molar-refractivity contribution in [3.63, 3.8) is 0 Å². The molecule has 1 aliphatic heterocycles. The first-order valence-corrected chi connectivity index (χ1v) is 7.46. The molecule has 1 saturated heterocycles. The highest BCUT2D eigenvalue weighted by Gasteiger charge is 2.48. The van der Waals surface area contributed by atoms with E-state index in [1.54, 1.807) is 5.32 Å². The minimum Gasteiger partial charge on any atom is -0.451 e. The van der Waals surface area contributed by atoms with E-state index in [-0.39, 0.29) is 23.7 Å². The zero-order valence-electron chi connectivity index (χ0n) is 12.7. The number of nitrogens with one attached hydrogen (secondary N) is 1. The molecule has 2 aliphatic rings. The van der Waals surface area contributed by atoms with E-state index >= 15 is 0 Å². The first kappa shape index (κ1) is 16.9. The van der Waals surface area contributed by atoms with Crippen molar-refractivity contribution >= 4 is 29.7 Å². The first-order valence-electron chi connectivity index (χ1n) is 7.46. The van der Waals surface area contributed by atoms with Crippen LogP contribution in [0.1, 0.15) is 32.6 Å². The number of ether oxygens (including phenoxy) is 1. The van der Waals surface area contributed by atoms with E-state index in [0.717, 1.165) is 17.7 Å². The van der Waals surface area contributed by atoms with Gasteiger partial charge in [-0.1, -0.05) is 12.8 Å². The molecule has 0 aromatic heterocycles. The number of rotatable bonds is 4. The van der Waals surface area contributed by atoms with E-state index in [2.05, 4.69) is 0 Å². The zero-order valence-corrected chi connectivity index (χ0v) is 12.7. The van der Waals surface area contributed by atoms with Crippen molar-refractivity contribution in [2.75, 3.05) is 6.54 Å². The maximum Gasteiger partial charge on any atom is 0.326 e. The van der Waals surface area contributed by atoms with Gasteiger partial charge in [-0.05, 0) is 19.8 Å². The predicted molar refractivity (Wildman–Crippen MR) is 75.4 cm³/mol. The van der Waals surface area contributed by atoms with E-state index in [1.807, 2.05) is 0 Å². The van der Waals surface area contributed by atoms with Gasteiger partial charge in [0.05, 0.1) is 11.8 Å². The molecular weight excluding hydrogens is 306 g/mol. The van der Waals surface area contributed by atoms with Gasteiger partial charge in [0.2, 0.25) is 11.8 Å². The molecule has 1 saturated carbocycles. The normalized spacial score (nSPS) is 24.8. The van der Waals surface area contributed by atoms with E-state index in [9.17, 15) is 24.0 Å². The highest BCUT2D eigenvalue weighted by atomic mass is 16.5. The molecule has 9 nitrogen and oxygen atoms in total. The number of primary amides is 1. The van der Waals surface area contributed by atoms with Crippen molar-refractivity contribution in [1.82, 2.24) is 10.2 Å². The predicted octanol–water partition coefficient (Wildman–Crippen LogP) is -0.712. The third-order valence-corrected chi connectivity index (χ3v) is 4.14. The molecule has 3 N–H and O–H groups in total. The average Bonchev–Trinajstić information content (AvgIpc) is 2.72. The van der Waals surface area contributed by atoms with Gasteiger partial charge in [-0.25, -0.2) is 4.79 Å². The van der Waals surface area contributed by atoms with E-state index in [0.29, 0.717) is 12.8 Å². The summed E-state index contributed by atoms with van der Waals surface area (Å²) < 4.78 is 4.82. The number of carbonyl (C=O) groups is 5. The molecule has 0 aromatic carbocycles. The summed E-state index contributed by atoms with van der Waals surface area (Å²) in [6, 6.07) is -1.06. The number of hydrogen-bond donors (Lipinski definition) is 2. The Labute approximate surface area is 132 Å². The van der Waals surface area contributed by atoms with Crippen molar-refractivity contribution in [2.45, 2.75) is 38.7 Å². The van der Waals surface area contributed by atoms with Gasteiger partial charge in [0.15, 0.2) is 6.10 Å². The molecule has 1 aliphatic carbocycles. The summed E-state index contributed by atoms with van der Waals surface area (Å²) in [6.07, 6.45) is 1.83. The molecule has 2 rings (SSSR count). The largest absolute Gasteiger partial charge is 0.451 e. The van der Waals surface area contributed by atoms with Crippen LogP contribution in [0, 0.1) is 11.8 Å². The van der Waals surface area contributed by atoms with Gasteiger partial charge >= 0.3 is 12.0 Å². The SMILES string of the molecule is C[C@H](OC(=O)CN1C(=O)[C@@H]2CCCC[C@H]2C1=O)C(=O)NC(N)=O. The van der Waals surface area contributed by atoms with Crippen LogP contribution in [0.25, 0.3) is 0 Å². The quantitative estimate of drug-likeness (QED) is 0.517. The number of imide groups is 2. The van der Waals surface area contributed by atoms with Gasteiger partial charge in [0.1, 0.15) is 6.54 Å². The lowest BCUT2D eigenvalue weighted by Gasteiger charge is -2.19. The fourth-order valence-electron chi connectivity index (χ4n) is 3.03. The topological polar surface area (TPSA) is 136 Å². The number of likely N-dealkylation sites (tertiary alicyclic amines) is 1. The lowest BCUT2D eigenvalue weighted by atomic mass is 9.81. The second-order valence-corrected chi connectivity index (χ2v) is 5.75. The Morgan fingerprint density at radius 2 is 1.74 bits per heavy atom. The Bertz CT molecular complexity index is 537. The van der Waals surface area contributed by atoms with E-state index < -0.39 is 30.6 Å². The highest BCUT2D eigenvalue weighted by molar-refractivity contribution is 6.07. The maximum atomic E-state index is 12.2. The van der Waals surface area contributed by atoms with E-state index in [4.69, 9.17) is 10.5 Å². The second-order valence-electron chi connectivity index (χ2n) is 5.75. The molecule has 23 heavy (non-hydrogen) atoms. The van der Waals surface area contributed by atoms with Gasteiger partial charge in [0.25, 0.3) is 5.91 Å². The maximum absolute atomic E-state index is 12.2. The standard InChI is InChI=1S/C14H19N3O6/c1-7(11(19)16-14(15)22)23-10(18)6-17-12(20)8-4-2-3-5-9(8)13(17)21/h7-9H,2-6H2,1H3,(H3,15,16,19,22)/t7-,8+,9+/m0/s1. The number of fused-ring (bicyclic) bond motifs is 1. The van der Waals surface area contributed by atoms with Crippen LogP contribution in [0.2, 0.25) is 0 Å². The van der Waals surface area contributed by atoms with Crippen LogP contribution < -0.4 is 11.1 Å². The summed E-state index contributed by atoms with van der Waals surface area (Å²) in [5.41, 5.74) is 4.79. The van der Waals surface area contributed by atoms with E-state index in [1.165, 1.54) is 6.92 Å². The van der Waals surface area contributed by atoms with Gasteiger partial charge in [-0.3, -0.25) is 29.4 Å². The number of urea groups is 1. The minimum atomic E-state index is -1.26. The van der Waals surface area contributed by atoms with Crippen molar-refractivity contribution in [1.29, 1.82) is 0 Å². The average molecular weight is 325 g/mol. The Kier molecular flexibility index (Phi) is 4.97. The molecule has 3 atom stereocenters. The molecule has 0 unspecified atom stereocenters. The van der Waals surface area contributed by atoms with Crippen LogP contribution in [-0.2, 0) is 23.9 Å². The molecule has 9 heteroatoms. The Balaban J connectivity index is 1.92. The number of nitrogens with zero attached hydrogens (tertiary/aromatic N) is 1. The lowest BCUT2D eigenvalue weighted by Crippen LogP contribution is -2.44. The van der Waals surface area contributed by atoms with Crippen molar-refractivity contribution in [3.05, 3.63) is 0 Å². The summed E-state index contributed by atoms with van der Waals surface area (Å²) in [4.78, 5) is 59.1. The lowest BCUT2D eigenvalue weighted by molar-refractivity contribution is -0.159. The summed E-state index contributed by atoms with van der Waals surface area (Å²) in [5.74, 6) is -3.17. The van der Waals surface area contributed by atoms with Crippen molar-refractivity contribution in [2.24, 2.45) is 17.6 Å².